The molecule has 1 aromatic carbocycles. The summed E-state index contributed by atoms with van der Waals surface area (Å²) in [7, 11) is 0. The second-order valence-electron chi connectivity index (χ2n) is 11.3. The lowest BCUT2D eigenvalue weighted by Crippen LogP contribution is -2.58. The van der Waals surface area contributed by atoms with Crippen LogP contribution >= 0.6 is 0 Å². The molecule has 2 aliphatic carbocycles. The zero-order valence-corrected chi connectivity index (χ0v) is 19.8. The average molecular weight is 479 g/mol. The number of rotatable bonds is 3. The van der Waals surface area contributed by atoms with Gasteiger partial charge in [-0.25, -0.2) is 0 Å². The number of hydrogen-bond donors (Lipinski definition) is 0. The van der Waals surface area contributed by atoms with Crippen LogP contribution in [0.3, 0.4) is 0 Å². The third-order valence-corrected chi connectivity index (χ3v) is 9.46. The molecule has 1 unspecified atom stereocenters. The molecule has 0 amide bonds. The van der Waals surface area contributed by atoms with E-state index in [1.807, 2.05) is 4.90 Å². The summed E-state index contributed by atoms with van der Waals surface area (Å²) in [5, 5.41) is 0. The summed E-state index contributed by atoms with van der Waals surface area (Å²) in [4.78, 5) is 17.5. The van der Waals surface area contributed by atoms with Gasteiger partial charge in [0.15, 0.2) is 0 Å². The van der Waals surface area contributed by atoms with Crippen LogP contribution in [0.2, 0.25) is 0 Å². The van der Waals surface area contributed by atoms with Crippen molar-refractivity contribution in [2.24, 2.45) is 23.7 Å². The van der Waals surface area contributed by atoms with Gasteiger partial charge >= 0.3 is 12.1 Å². The molecule has 34 heavy (non-hydrogen) atoms. The van der Waals surface area contributed by atoms with Gasteiger partial charge in [-0.2, -0.15) is 13.2 Å². The molecule has 1 spiro atoms. The van der Waals surface area contributed by atoms with Crippen LogP contribution in [0.25, 0.3) is 0 Å². The van der Waals surface area contributed by atoms with Gasteiger partial charge in [-0.05, 0) is 56.7 Å². The Bertz CT molecular complexity index is 978. The van der Waals surface area contributed by atoms with Gasteiger partial charge in [0.2, 0.25) is 0 Å². The number of anilines is 1. The Hall–Kier alpha value is -1.80. The van der Waals surface area contributed by atoms with Crippen LogP contribution in [0, 0.1) is 23.7 Å². The first kappa shape index (κ1) is 22.7. The van der Waals surface area contributed by atoms with Crippen molar-refractivity contribution in [1.29, 1.82) is 0 Å². The fourth-order valence-corrected chi connectivity index (χ4v) is 7.61. The van der Waals surface area contributed by atoms with Crippen LogP contribution in [0.5, 0.6) is 0 Å². The van der Waals surface area contributed by atoms with Gasteiger partial charge in [-0.3, -0.25) is 9.69 Å². The smallest absolute Gasteiger partial charge is 0.416 e. The average Bonchev–Trinajstić information content (AvgIpc) is 3.43. The lowest BCUT2D eigenvalue weighted by Gasteiger charge is -2.50. The van der Waals surface area contributed by atoms with Gasteiger partial charge in [-0.1, -0.05) is 13.0 Å². The minimum Gasteiger partial charge on any atom is -0.455 e. The summed E-state index contributed by atoms with van der Waals surface area (Å²) >= 11 is 0. The minimum atomic E-state index is -4.34. The van der Waals surface area contributed by atoms with Gasteiger partial charge in [-0.15, -0.1) is 0 Å². The van der Waals surface area contributed by atoms with Crippen LogP contribution in [0.4, 0.5) is 18.9 Å². The van der Waals surface area contributed by atoms with Crippen molar-refractivity contribution in [1.82, 2.24) is 4.90 Å². The molecule has 0 aromatic heterocycles. The molecule has 6 rings (SSSR count). The Morgan fingerprint density at radius 3 is 2.59 bits per heavy atom. The zero-order chi connectivity index (χ0) is 23.9. The number of piperazine rings is 1. The third kappa shape index (κ3) is 3.39. The van der Waals surface area contributed by atoms with Gasteiger partial charge in [0.1, 0.15) is 11.7 Å². The molecule has 1 aromatic rings. The maximum atomic E-state index is 13.2. The normalized spacial score (nSPS) is 42.0. The SMILES string of the molecule is C[C@@H]1CC[C@H]2C(CN3CCN(c4cccc(C(F)(F)F)c4)CC3)C(=O)O[C@]23[C@H]1CC[C@@]1(C)O[C@@H]31. The van der Waals surface area contributed by atoms with Gasteiger partial charge in [0, 0.05) is 50.2 Å². The molecule has 0 N–H and O–H groups in total. The Balaban J connectivity index is 1.14. The number of carbonyl (C=O) groups excluding carboxylic acids is 1. The second-order valence-corrected chi connectivity index (χ2v) is 11.3. The highest BCUT2D eigenvalue weighted by molar-refractivity contribution is 5.77. The van der Waals surface area contributed by atoms with Crippen LogP contribution < -0.4 is 4.90 Å². The number of benzene rings is 1. The van der Waals surface area contributed by atoms with Crippen molar-refractivity contribution < 1.29 is 27.4 Å². The highest BCUT2D eigenvalue weighted by Gasteiger charge is 2.77. The third-order valence-electron chi connectivity index (χ3n) is 9.46. The van der Waals surface area contributed by atoms with E-state index in [-0.39, 0.29) is 29.5 Å². The fourth-order valence-electron chi connectivity index (χ4n) is 7.61. The number of alkyl halides is 3. The van der Waals surface area contributed by atoms with Gasteiger partial charge < -0.3 is 14.4 Å². The summed E-state index contributed by atoms with van der Waals surface area (Å²) in [6.07, 6.45) is -0.100. The summed E-state index contributed by atoms with van der Waals surface area (Å²) in [6.45, 7) is 7.83. The summed E-state index contributed by atoms with van der Waals surface area (Å²) in [5.74, 6) is 0.867. The quantitative estimate of drug-likeness (QED) is 0.478. The van der Waals surface area contributed by atoms with Crippen molar-refractivity contribution in [3.05, 3.63) is 29.8 Å². The molecule has 186 valence electrons. The molecule has 3 heterocycles. The molecule has 5 fully saturated rings. The van der Waals surface area contributed by atoms with Crippen molar-refractivity contribution >= 4 is 11.7 Å². The van der Waals surface area contributed by atoms with E-state index in [0.717, 1.165) is 44.8 Å². The standard InChI is InChI=1S/C26H33F3N2O3/c1-16-6-7-21-19(22(32)33-25(21)20(16)8-9-24(2)23(25)34-24)15-30-10-12-31(13-11-30)18-5-3-4-17(14-18)26(27,28)29/h3-5,14,16,19-21,23H,6-13,15H2,1-2H3/t16-,19?,20+,21+,23-,24-,25-/m1/s1. The zero-order valence-electron chi connectivity index (χ0n) is 19.8. The number of esters is 1. The van der Waals surface area contributed by atoms with E-state index in [1.165, 1.54) is 12.1 Å². The van der Waals surface area contributed by atoms with Gasteiger partial charge in [0.25, 0.3) is 0 Å². The summed E-state index contributed by atoms with van der Waals surface area (Å²) in [5.41, 5.74) is -0.622. The number of fused-ring (bicyclic) bond motifs is 1. The lowest BCUT2D eigenvalue weighted by atomic mass is 9.55. The maximum Gasteiger partial charge on any atom is 0.416 e. The van der Waals surface area contributed by atoms with E-state index in [0.29, 0.717) is 37.2 Å². The molecule has 0 bridgehead atoms. The molecule has 8 heteroatoms. The predicted molar refractivity (Wildman–Crippen MR) is 120 cm³/mol. The fraction of sp³-hybridized carbons (Fsp3) is 0.731. The Morgan fingerprint density at radius 2 is 1.85 bits per heavy atom. The molecule has 5 aliphatic rings. The molecule has 3 aliphatic heterocycles. The van der Waals surface area contributed by atoms with Crippen LogP contribution in [-0.4, -0.2) is 60.9 Å². The highest BCUT2D eigenvalue weighted by atomic mass is 19.4. The number of hydrogen-bond acceptors (Lipinski definition) is 5. The predicted octanol–water partition coefficient (Wildman–Crippen LogP) is 4.35. The number of epoxide rings is 1. The Kier molecular flexibility index (Phi) is 5.06. The van der Waals surface area contributed by atoms with Crippen LogP contribution in [0.15, 0.2) is 24.3 Å². The van der Waals surface area contributed by atoms with Crippen LogP contribution in [0.1, 0.15) is 45.1 Å². The number of carbonyl (C=O) groups is 1. The van der Waals surface area contributed by atoms with E-state index < -0.39 is 17.3 Å². The van der Waals surface area contributed by atoms with E-state index in [4.69, 9.17) is 9.47 Å². The van der Waals surface area contributed by atoms with E-state index in [2.05, 4.69) is 18.7 Å². The highest BCUT2D eigenvalue weighted by Crippen LogP contribution is 2.66. The number of nitrogens with zero attached hydrogens (tertiary/aromatic N) is 2. The van der Waals surface area contributed by atoms with Crippen molar-refractivity contribution in [2.45, 2.75) is 63.0 Å². The Labute approximate surface area is 198 Å². The number of halogens is 3. The molecule has 5 nitrogen and oxygen atoms in total. The first-order valence-corrected chi connectivity index (χ1v) is 12.7. The van der Waals surface area contributed by atoms with Crippen LogP contribution in [-0.2, 0) is 20.4 Å². The molecular formula is C26H33F3N2O3. The topological polar surface area (TPSA) is 45.3 Å². The molecule has 2 saturated carbocycles. The van der Waals surface area contributed by atoms with E-state index in [1.54, 1.807) is 6.07 Å². The molecule has 0 radical (unpaired) electrons. The molecule has 7 atom stereocenters. The van der Waals surface area contributed by atoms with Crippen molar-refractivity contribution in [3.8, 4) is 0 Å². The maximum absolute atomic E-state index is 13.2. The largest absolute Gasteiger partial charge is 0.455 e. The first-order valence-electron chi connectivity index (χ1n) is 12.7. The lowest BCUT2D eigenvalue weighted by molar-refractivity contribution is -0.168. The minimum absolute atomic E-state index is 0.0261. The number of ether oxygens (including phenoxy) is 2. The molecule has 3 saturated heterocycles. The summed E-state index contributed by atoms with van der Waals surface area (Å²) < 4.78 is 51.9. The van der Waals surface area contributed by atoms with Crippen molar-refractivity contribution in [2.75, 3.05) is 37.6 Å². The monoisotopic (exact) mass is 478 g/mol. The summed E-state index contributed by atoms with van der Waals surface area (Å²) in [6, 6.07) is 5.55. The second kappa shape index (κ2) is 7.60. The Morgan fingerprint density at radius 1 is 1.09 bits per heavy atom. The van der Waals surface area contributed by atoms with E-state index in [9.17, 15) is 18.0 Å². The first-order chi connectivity index (χ1) is 16.1. The van der Waals surface area contributed by atoms with Crippen molar-refractivity contribution in [3.63, 3.8) is 0 Å². The van der Waals surface area contributed by atoms with Gasteiger partial charge in [0.05, 0.1) is 17.1 Å². The van der Waals surface area contributed by atoms with E-state index >= 15 is 0 Å². The molecular weight excluding hydrogens is 445 g/mol.